The highest BCUT2D eigenvalue weighted by Gasteiger charge is 2.23. The van der Waals surface area contributed by atoms with Crippen LogP contribution in [0.1, 0.15) is 32.3 Å². The third-order valence-corrected chi connectivity index (χ3v) is 4.93. The molecular formula is C15H26ClN2O4P. The van der Waals surface area contributed by atoms with Gasteiger partial charge in [-0.3, -0.25) is 9.36 Å². The second kappa shape index (κ2) is 11.6. The quantitative estimate of drug-likeness (QED) is 0.619. The SMILES string of the molecule is CCOP(=O)(Cc1ccc(NC(=O)CCCN)cc1)OCC.Cl. The third kappa shape index (κ3) is 8.49. The molecule has 0 radical (unpaired) electrons. The van der Waals surface area contributed by atoms with E-state index in [1.54, 1.807) is 26.0 Å². The molecule has 3 N–H and O–H groups in total. The Morgan fingerprint density at radius 1 is 1.17 bits per heavy atom. The summed E-state index contributed by atoms with van der Waals surface area (Å²) < 4.78 is 23.0. The second-order valence-electron chi connectivity index (χ2n) is 4.74. The maximum absolute atomic E-state index is 12.4. The smallest absolute Gasteiger partial charge is 0.330 e. The number of halogens is 1. The van der Waals surface area contributed by atoms with Crippen molar-refractivity contribution in [3.63, 3.8) is 0 Å². The first-order chi connectivity index (χ1) is 10.5. The van der Waals surface area contributed by atoms with Crippen molar-refractivity contribution in [1.82, 2.24) is 0 Å². The molecule has 23 heavy (non-hydrogen) atoms. The van der Waals surface area contributed by atoms with E-state index in [9.17, 15) is 9.36 Å². The Labute approximate surface area is 144 Å². The zero-order chi connectivity index (χ0) is 16.4. The summed E-state index contributed by atoms with van der Waals surface area (Å²) in [6, 6.07) is 7.17. The Morgan fingerprint density at radius 3 is 2.22 bits per heavy atom. The molecule has 1 aromatic carbocycles. The van der Waals surface area contributed by atoms with Gasteiger partial charge in [-0.15, -0.1) is 12.4 Å². The summed E-state index contributed by atoms with van der Waals surface area (Å²) in [5.41, 5.74) is 6.91. The van der Waals surface area contributed by atoms with Gasteiger partial charge < -0.3 is 20.1 Å². The van der Waals surface area contributed by atoms with Crippen LogP contribution in [0.15, 0.2) is 24.3 Å². The number of benzene rings is 1. The second-order valence-corrected chi connectivity index (χ2v) is 6.80. The lowest BCUT2D eigenvalue weighted by Crippen LogP contribution is -2.13. The first-order valence-corrected chi connectivity index (χ1v) is 9.22. The zero-order valence-corrected chi connectivity index (χ0v) is 15.3. The molecule has 0 bridgehead atoms. The Hall–Kier alpha value is -0.910. The van der Waals surface area contributed by atoms with Gasteiger partial charge in [-0.05, 0) is 44.5 Å². The van der Waals surface area contributed by atoms with E-state index in [-0.39, 0.29) is 24.5 Å². The molecule has 0 unspecified atom stereocenters. The van der Waals surface area contributed by atoms with E-state index in [1.165, 1.54) is 0 Å². The largest absolute Gasteiger partial charge is 0.335 e. The number of carbonyl (C=O) groups excluding carboxylic acids is 1. The summed E-state index contributed by atoms with van der Waals surface area (Å²) >= 11 is 0. The van der Waals surface area contributed by atoms with Crippen LogP contribution in [0, 0.1) is 0 Å². The van der Waals surface area contributed by atoms with Crippen molar-refractivity contribution in [2.75, 3.05) is 25.1 Å². The van der Waals surface area contributed by atoms with Crippen LogP contribution < -0.4 is 11.1 Å². The molecule has 0 fully saturated rings. The number of rotatable bonds is 10. The number of hydrogen-bond donors (Lipinski definition) is 2. The minimum Gasteiger partial charge on any atom is -0.330 e. The Balaban J connectivity index is 0.00000484. The molecule has 0 aliphatic rings. The molecule has 1 amide bonds. The van der Waals surface area contributed by atoms with Gasteiger partial charge in [0.15, 0.2) is 0 Å². The maximum atomic E-state index is 12.4. The van der Waals surface area contributed by atoms with Gasteiger partial charge in [0.2, 0.25) is 5.91 Å². The van der Waals surface area contributed by atoms with E-state index in [4.69, 9.17) is 14.8 Å². The van der Waals surface area contributed by atoms with Crippen molar-refractivity contribution >= 4 is 31.6 Å². The predicted octanol–water partition coefficient (Wildman–Crippen LogP) is 3.55. The number of hydrogen-bond acceptors (Lipinski definition) is 5. The molecule has 0 aliphatic carbocycles. The van der Waals surface area contributed by atoms with Crippen LogP contribution in [0.3, 0.4) is 0 Å². The molecule has 0 saturated heterocycles. The predicted molar refractivity (Wildman–Crippen MR) is 95.2 cm³/mol. The van der Waals surface area contributed by atoms with Crippen molar-refractivity contribution in [2.45, 2.75) is 32.9 Å². The molecule has 8 heteroatoms. The number of nitrogens with two attached hydrogens (primary N) is 1. The number of carbonyl (C=O) groups is 1. The fourth-order valence-corrected chi connectivity index (χ4v) is 3.63. The fraction of sp³-hybridized carbons (Fsp3) is 0.533. The van der Waals surface area contributed by atoms with Crippen LogP contribution in [0.2, 0.25) is 0 Å². The van der Waals surface area contributed by atoms with Gasteiger partial charge in [-0.25, -0.2) is 0 Å². The monoisotopic (exact) mass is 364 g/mol. The van der Waals surface area contributed by atoms with Crippen molar-refractivity contribution in [3.8, 4) is 0 Å². The van der Waals surface area contributed by atoms with Crippen LogP contribution in [0.5, 0.6) is 0 Å². The number of amides is 1. The van der Waals surface area contributed by atoms with E-state index in [1.807, 2.05) is 12.1 Å². The molecule has 6 nitrogen and oxygen atoms in total. The van der Waals surface area contributed by atoms with E-state index < -0.39 is 7.60 Å². The van der Waals surface area contributed by atoms with Crippen LogP contribution >= 0.6 is 20.0 Å². The molecule has 0 heterocycles. The van der Waals surface area contributed by atoms with Gasteiger partial charge in [-0.1, -0.05) is 12.1 Å². The van der Waals surface area contributed by atoms with Crippen molar-refractivity contribution in [1.29, 1.82) is 0 Å². The molecule has 132 valence electrons. The van der Waals surface area contributed by atoms with Gasteiger partial charge in [0, 0.05) is 12.1 Å². The summed E-state index contributed by atoms with van der Waals surface area (Å²) in [7, 11) is -3.10. The maximum Gasteiger partial charge on any atom is 0.335 e. The first-order valence-electron chi connectivity index (χ1n) is 7.50. The minimum absolute atomic E-state index is 0. The van der Waals surface area contributed by atoms with Crippen LogP contribution in [0.25, 0.3) is 0 Å². The summed E-state index contributed by atoms with van der Waals surface area (Å²) in [6.07, 6.45) is 1.29. The summed E-state index contributed by atoms with van der Waals surface area (Å²) in [4.78, 5) is 11.6. The number of nitrogens with one attached hydrogen (secondary N) is 1. The number of anilines is 1. The lowest BCUT2D eigenvalue weighted by atomic mass is 10.2. The Bertz CT molecular complexity index is 501. The van der Waals surface area contributed by atoms with Gasteiger partial charge in [0.05, 0.1) is 19.4 Å². The van der Waals surface area contributed by atoms with E-state index >= 15 is 0 Å². The fourth-order valence-electron chi connectivity index (χ4n) is 1.93. The first kappa shape index (κ1) is 22.1. The van der Waals surface area contributed by atoms with Crippen LogP contribution in [-0.2, 0) is 24.6 Å². The van der Waals surface area contributed by atoms with Gasteiger partial charge in [0.25, 0.3) is 0 Å². The molecule has 0 aromatic heterocycles. The zero-order valence-electron chi connectivity index (χ0n) is 13.6. The van der Waals surface area contributed by atoms with Crippen molar-refractivity contribution < 1.29 is 18.4 Å². The summed E-state index contributed by atoms with van der Waals surface area (Å²) in [5.74, 6) is -0.0625. The highest BCUT2D eigenvalue weighted by Crippen LogP contribution is 2.51. The van der Waals surface area contributed by atoms with Gasteiger partial charge in [0.1, 0.15) is 0 Å². The molecular weight excluding hydrogens is 339 g/mol. The topological polar surface area (TPSA) is 90.7 Å². The molecule has 0 atom stereocenters. The van der Waals surface area contributed by atoms with E-state index in [0.29, 0.717) is 38.3 Å². The Morgan fingerprint density at radius 2 is 1.74 bits per heavy atom. The van der Waals surface area contributed by atoms with E-state index in [2.05, 4.69) is 5.32 Å². The lowest BCUT2D eigenvalue weighted by Gasteiger charge is -2.17. The average Bonchev–Trinajstić information content (AvgIpc) is 2.47. The normalized spacial score (nSPS) is 10.9. The lowest BCUT2D eigenvalue weighted by molar-refractivity contribution is -0.116. The molecule has 0 aliphatic heterocycles. The van der Waals surface area contributed by atoms with E-state index in [0.717, 1.165) is 5.56 Å². The minimum atomic E-state index is -3.10. The van der Waals surface area contributed by atoms with Gasteiger partial charge in [-0.2, -0.15) is 0 Å². The van der Waals surface area contributed by atoms with Crippen LogP contribution in [-0.4, -0.2) is 25.7 Å². The molecule has 0 spiro atoms. The highest BCUT2D eigenvalue weighted by atomic mass is 35.5. The van der Waals surface area contributed by atoms with Gasteiger partial charge >= 0.3 is 7.60 Å². The molecule has 0 saturated carbocycles. The molecule has 1 rings (SSSR count). The Kier molecular flexibility index (Phi) is 11.1. The van der Waals surface area contributed by atoms with Crippen molar-refractivity contribution in [2.24, 2.45) is 5.73 Å². The third-order valence-electron chi connectivity index (χ3n) is 2.87. The standard InChI is InChI=1S/C15H25N2O4P.ClH/c1-3-20-22(19,21-4-2)12-13-7-9-14(10-8-13)17-15(18)6-5-11-16;/h7-10H,3-6,11-12,16H2,1-2H3,(H,17,18);1H. The highest BCUT2D eigenvalue weighted by molar-refractivity contribution is 7.53. The average molecular weight is 365 g/mol. The van der Waals surface area contributed by atoms with Crippen molar-refractivity contribution in [3.05, 3.63) is 29.8 Å². The molecule has 1 aromatic rings. The summed E-state index contributed by atoms with van der Waals surface area (Å²) in [6.45, 7) is 4.74. The summed E-state index contributed by atoms with van der Waals surface area (Å²) in [5, 5.41) is 2.79. The van der Waals surface area contributed by atoms with Crippen LogP contribution in [0.4, 0.5) is 5.69 Å².